The fourth-order valence-electron chi connectivity index (χ4n) is 1.88. The summed E-state index contributed by atoms with van der Waals surface area (Å²) >= 11 is 5.83. The van der Waals surface area contributed by atoms with E-state index >= 15 is 0 Å². The zero-order valence-corrected chi connectivity index (χ0v) is 9.71. The minimum Gasteiger partial charge on any atom is -0.327 e. The molecule has 1 aromatic carbocycles. The lowest BCUT2D eigenvalue weighted by molar-refractivity contribution is 0.551. The molecule has 1 unspecified atom stereocenters. The molecule has 0 bridgehead atoms. The van der Waals surface area contributed by atoms with Gasteiger partial charge in [-0.05, 0) is 42.9 Å². The summed E-state index contributed by atoms with van der Waals surface area (Å²) in [6.45, 7) is 0. The van der Waals surface area contributed by atoms with Crippen LogP contribution in [0.15, 0.2) is 24.3 Å². The van der Waals surface area contributed by atoms with E-state index < -0.39 is 0 Å². The zero-order valence-electron chi connectivity index (χ0n) is 8.95. The van der Waals surface area contributed by atoms with Crippen LogP contribution in [0.1, 0.15) is 31.2 Å². The zero-order chi connectivity index (χ0) is 10.7. The van der Waals surface area contributed by atoms with Gasteiger partial charge in [-0.3, -0.25) is 0 Å². The normalized spacial score (nSPS) is 17.7. The molecule has 2 rings (SSSR count). The van der Waals surface area contributed by atoms with E-state index in [0.29, 0.717) is 6.04 Å². The molecule has 0 spiro atoms. The van der Waals surface area contributed by atoms with Gasteiger partial charge < -0.3 is 5.73 Å². The van der Waals surface area contributed by atoms with E-state index in [1.165, 1.54) is 24.8 Å². The summed E-state index contributed by atoms with van der Waals surface area (Å²) in [5.41, 5.74) is 7.38. The van der Waals surface area contributed by atoms with Crippen LogP contribution in [0.2, 0.25) is 5.02 Å². The third-order valence-corrected chi connectivity index (χ3v) is 3.31. The van der Waals surface area contributed by atoms with Crippen molar-refractivity contribution in [2.24, 2.45) is 11.7 Å². The van der Waals surface area contributed by atoms with Crippen molar-refractivity contribution in [3.63, 3.8) is 0 Å². The first-order valence-corrected chi connectivity index (χ1v) is 6.12. The van der Waals surface area contributed by atoms with Crippen molar-refractivity contribution in [3.8, 4) is 0 Å². The van der Waals surface area contributed by atoms with Gasteiger partial charge in [0.2, 0.25) is 0 Å². The van der Waals surface area contributed by atoms with Crippen LogP contribution in [-0.4, -0.2) is 6.04 Å². The topological polar surface area (TPSA) is 26.0 Å². The summed E-state index contributed by atoms with van der Waals surface area (Å²) in [6, 6.07) is 8.32. The standard InChI is InChI=1S/C13H18ClN/c14-12-6-3-11(4-7-12)9-13(15)8-5-10-1-2-10/h3-4,6-7,10,13H,1-2,5,8-9,15H2. The maximum absolute atomic E-state index is 6.09. The Morgan fingerprint density at radius 1 is 1.27 bits per heavy atom. The number of hydrogen-bond donors (Lipinski definition) is 1. The molecule has 0 amide bonds. The highest BCUT2D eigenvalue weighted by Crippen LogP contribution is 2.33. The van der Waals surface area contributed by atoms with Gasteiger partial charge in [0.05, 0.1) is 0 Å². The molecule has 2 N–H and O–H groups in total. The molecule has 82 valence electrons. The second-order valence-corrected chi connectivity index (χ2v) is 5.05. The van der Waals surface area contributed by atoms with E-state index in [2.05, 4.69) is 12.1 Å². The van der Waals surface area contributed by atoms with Crippen molar-refractivity contribution in [1.82, 2.24) is 0 Å². The minimum absolute atomic E-state index is 0.312. The summed E-state index contributed by atoms with van der Waals surface area (Å²) in [4.78, 5) is 0. The molecule has 1 aromatic rings. The number of benzene rings is 1. The lowest BCUT2D eigenvalue weighted by Crippen LogP contribution is -2.22. The third kappa shape index (κ3) is 3.84. The highest BCUT2D eigenvalue weighted by Gasteiger charge is 2.21. The Balaban J connectivity index is 1.76. The summed E-state index contributed by atoms with van der Waals surface area (Å²) in [6.07, 6.45) is 6.30. The lowest BCUT2D eigenvalue weighted by Gasteiger charge is -2.11. The Morgan fingerprint density at radius 2 is 1.93 bits per heavy atom. The van der Waals surface area contributed by atoms with Gasteiger partial charge in [0, 0.05) is 11.1 Å². The molecule has 1 nitrogen and oxygen atoms in total. The average Bonchev–Trinajstić information content (AvgIpc) is 3.02. The first-order chi connectivity index (χ1) is 7.24. The van der Waals surface area contributed by atoms with Crippen LogP contribution < -0.4 is 5.73 Å². The summed E-state index contributed by atoms with van der Waals surface area (Å²) in [5.74, 6) is 0.987. The maximum atomic E-state index is 6.09. The van der Waals surface area contributed by atoms with E-state index in [1.54, 1.807) is 0 Å². The Kier molecular flexibility index (Phi) is 3.66. The molecule has 0 saturated heterocycles. The number of rotatable bonds is 5. The first kappa shape index (κ1) is 11.0. The van der Waals surface area contributed by atoms with Gasteiger partial charge >= 0.3 is 0 Å². The largest absolute Gasteiger partial charge is 0.327 e. The molecule has 2 heteroatoms. The molecule has 1 atom stereocenters. The Hall–Kier alpha value is -0.530. The molecular formula is C13H18ClN. The van der Waals surface area contributed by atoms with Crippen molar-refractivity contribution < 1.29 is 0 Å². The van der Waals surface area contributed by atoms with Crippen molar-refractivity contribution in [2.75, 3.05) is 0 Å². The fraction of sp³-hybridized carbons (Fsp3) is 0.538. The minimum atomic E-state index is 0.312. The summed E-state index contributed by atoms with van der Waals surface area (Å²) in [5, 5.41) is 0.797. The van der Waals surface area contributed by atoms with E-state index in [-0.39, 0.29) is 0 Å². The number of halogens is 1. The first-order valence-electron chi connectivity index (χ1n) is 5.74. The monoisotopic (exact) mass is 223 g/mol. The van der Waals surface area contributed by atoms with E-state index in [0.717, 1.165) is 23.8 Å². The van der Waals surface area contributed by atoms with Crippen LogP contribution in [0, 0.1) is 5.92 Å². The maximum Gasteiger partial charge on any atom is 0.0406 e. The van der Waals surface area contributed by atoms with Crippen LogP contribution in [0.5, 0.6) is 0 Å². The highest BCUT2D eigenvalue weighted by molar-refractivity contribution is 6.30. The van der Waals surface area contributed by atoms with Gasteiger partial charge in [0.1, 0.15) is 0 Å². The third-order valence-electron chi connectivity index (χ3n) is 3.05. The Labute approximate surface area is 96.6 Å². The van der Waals surface area contributed by atoms with Crippen molar-refractivity contribution in [1.29, 1.82) is 0 Å². The molecule has 15 heavy (non-hydrogen) atoms. The van der Waals surface area contributed by atoms with Gasteiger partial charge in [-0.15, -0.1) is 0 Å². The average molecular weight is 224 g/mol. The lowest BCUT2D eigenvalue weighted by atomic mass is 10.0. The molecule has 0 radical (unpaired) electrons. The second-order valence-electron chi connectivity index (χ2n) is 4.61. The Bertz CT molecular complexity index is 303. The Morgan fingerprint density at radius 3 is 2.53 bits per heavy atom. The van der Waals surface area contributed by atoms with Gasteiger partial charge in [-0.2, -0.15) is 0 Å². The van der Waals surface area contributed by atoms with Gasteiger partial charge in [0.25, 0.3) is 0 Å². The fourth-order valence-corrected chi connectivity index (χ4v) is 2.01. The SMILES string of the molecule is NC(CCC1CC1)Cc1ccc(Cl)cc1. The van der Waals surface area contributed by atoms with Gasteiger partial charge in [0.15, 0.2) is 0 Å². The van der Waals surface area contributed by atoms with E-state index in [9.17, 15) is 0 Å². The quantitative estimate of drug-likeness (QED) is 0.814. The molecule has 0 heterocycles. The smallest absolute Gasteiger partial charge is 0.0406 e. The molecule has 1 aliphatic carbocycles. The molecule has 1 aliphatic rings. The van der Waals surface area contributed by atoms with E-state index in [1.807, 2.05) is 12.1 Å². The summed E-state index contributed by atoms with van der Waals surface area (Å²) < 4.78 is 0. The molecule has 1 saturated carbocycles. The molecule has 1 fully saturated rings. The highest BCUT2D eigenvalue weighted by atomic mass is 35.5. The van der Waals surface area contributed by atoms with Crippen molar-refractivity contribution in [2.45, 2.75) is 38.1 Å². The van der Waals surface area contributed by atoms with Crippen LogP contribution >= 0.6 is 11.6 Å². The number of nitrogens with two attached hydrogens (primary N) is 1. The predicted octanol–water partition coefficient (Wildman–Crippen LogP) is 3.40. The van der Waals surface area contributed by atoms with Gasteiger partial charge in [-0.1, -0.05) is 36.6 Å². The van der Waals surface area contributed by atoms with Crippen molar-refractivity contribution >= 4 is 11.6 Å². The summed E-state index contributed by atoms with van der Waals surface area (Å²) in [7, 11) is 0. The van der Waals surface area contributed by atoms with Crippen molar-refractivity contribution in [3.05, 3.63) is 34.9 Å². The van der Waals surface area contributed by atoms with Crippen LogP contribution in [0.25, 0.3) is 0 Å². The van der Waals surface area contributed by atoms with Crippen LogP contribution in [0.4, 0.5) is 0 Å². The number of hydrogen-bond acceptors (Lipinski definition) is 1. The van der Waals surface area contributed by atoms with E-state index in [4.69, 9.17) is 17.3 Å². The molecule has 0 aliphatic heterocycles. The predicted molar refractivity (Wildman–Crippen MR) is 65.1 cm³/mol. The van der Waals surface area contributed by atoms with Crippen LogP contribution in [0.3, 0.4) is 0 Å². The molecule has 0 aromatic heterocycles. The second kappa shape index (κ2) is 5.00. The van der Waals surface area contributed by atoms with Crippen LogP contribution in [-0.2, 0) is 6.42 Å². The van der Waals surface area contributed by atoms with Gasteiger partial charge in [-0.25, -0.2) is 0 Å². The molecular weight excluding hydrogens is 206 g/mol.